The Morgan fingerprint density at radius 3 is 1.41 bits per heavy atom. The molecule has 0 saturated carbocycles. The molecule has 0 aliphatic carbocycles. The first-order valence-corrected chi connectivity index (χ1v) is 21.5. The summed E-state index contributed by atoms with van der Waals surface area (Å²) in [6.45, 7) is 5.46. The summed E-state index contributed by atoms with van der Waals surface area (Å²) >= 11 is 6.32. The Kier molecular flexibility index (Phi) is 19.0. The van der Waals surface area contributed by atoms with Gasteiger partial charge >= 0.3 is 11.9 Å². The van der Waals surface area contributed by atoms with Crippen LogP contribution < -0.4 is 18.9 Å². The van der Waals surface area contributed by atoms with E-state index < -0.39 is 23.6 Å². The lowest BCUT2D eigenvalue weighted by Crippen LogP contribution is -2.10. The Bertz CT molecular complexity index is 2230. The van der Waals surface area contributed by atoms with E-state index in [1.807, 2.05) is 0 Å². The van der Waals surface area contributed by atoms with Crippen LogP contribution in [-0.4, -0.2) is 37.6 Å². The molecule has 0 aliphatic rings. The fourth-order valence-electron chi connectivity index (χ4n) is 6.16. The number of benzene rings is 5. The largest absolute Gasteiger partial charge is 0.493 e. The quantitative estimate of drug-likeness (QED) is 0.0265. The Morgan fingerprint density at radius 2 is 0.951 bits per heavy atom. The molecular formula is C50H53ClF2N2O6. The molecule has 0 amide bonds. The Labute approximate surface area is 362 Å². The van der Waals surface area contributed by atoms with Crippen molar-refractivity contribution in [3.05, 3.63) is 142 Å². The second-order valence-electron chi connectivity index (χ2n) is 14.6. The predicted octanol–water partition coefficient (Wildman–Crippen LogP) is 14.0. The Balaban J connectivity index is 1.08. The highest BCUT2D eigenvalue weighted by atomic mass is 35.5. The number of rotatable bonds is 24. The van der Waals surface area contributed by atoms with Crippen LogP contribution >= 0.6 is 11.6 Å². The number of halogens is 3. The van der Waals surface area contributed by atoms with Gasteiger partial charge in [0, 0.05) is 30.6 Å². The summed E-state index contributed by atoms with van der Waals surface area (Å²) < 4.78 is 51.9. The van der Waals surface area contributed by atoms with Crippen molar-refractivity contribution in [2.75, 3.05) is 13.2 Å². The molecule has 8 nitrogen and oxygen atoms in total. The van der Waals surface area contributed by atoms with E-state index in [0.29, 0.717) is 35.8 Å². The minimum absolute atomic E-state index is 0.00586. The van der Waals surface area contributed by atoms with Crippen LogP contribution in [0.2, 0.25) is 5.02 Å². The number of carbonyl (C=O) groups is 2. The molecule has 0 radical (unpaired) electrons. The van der Waals surface area contributed by atoms with E-state index >= 15 is 0 Å². The van der Waals surface area contributed by atoms with Crippen LogP contribution in [0.15, 0.2) is 113 Å². The van der Waals surface area contributed by atoms with E-state index in [2.05, 4.69) is 23.8 Å². The van der Waals surface area contributed by atoms with Crippen molar-refractivity contribution in [1.82, 2.24) is 0 Å². The lowest BCUT2D eigenvalue weighted by Gasteiger charge is -2.10. The van der Waals surface area contributed by atoms with E-state index in [1.165, 1.54) is 94.1 Å². The second kappa shape index (κ2) is 25.0. The number of carbonyl (C=O) groups excluding carboxylic acids is 2. The molecule has 0 N–H and O–H groups in total. The molecule has 320 valence electrons. The lowest BCUT2D eigenvalue weighted by molar-refractivity contribution is 0.0732. The van der Waals surface area contributed by atoms with Gasteiger partial charge in [0.2, 0.25) is 0 Å². The first-order chi connectivity index (χ1) is 29.7. The van der Waals surface area contributed by atoms with Crippen molar-refractivity contribution in [2.45, 2.75) is 90.9 Å². The van der Waals surface area contributed by atoms with Crippen molar-refractivity contribution < 1.29 is 37.3 Å². The van der Waals surface area contributed by atoms with Gasteiger partial charge in [-0.25, -0.2) is 18.4 Å². The fraction of sp³-hybridized carbons (Fsp3) is 0.320. The topological polar surface area (TPSA) is 95.8 Å². The summed E-state index contributed by atoms with van der Waals surface area (Å²) in [5.41, 5.74) is 2.08. The smallest absolute Gasteiger partial charge is 0.343 e. The number of hydrogen-bond acceptors (Lipinski definition) is 8. The molecule has 0 heterocycles. The zero-order chi connectivity index (χ0) is 43.2. The van der Waals surface area contributed by atoms with Gasteiger partial charge in [0.25, 0.3) is 0 Å². The minimum atomic E-state index is -0.693. The summed E-state index contributed by atoms with van der Waals surface area (Å²) in [5, 5.41) is 0.133. The molecule has 0 saturated heterocycles. The lowest BCUT2D eigenvalue weighted by atomic mass is 10.1. The SMILES string of the molecule is CCCCCCCCOc1ccc(N=Cc2ccc(C(=O)Oc3ccc(Cl)c(OC(=O)c4ccc(C=Nc5ccc(OCCCCCCCC)cc5F)cc4)c3)cc2)c(F)c1. The average Bonchev–Trinajstić information content (AvgIpc) is 3.26. The van der Waals surface area contributed by atoms with Gasteiger partial charge in [-0.1, -0.05) is 114 Å². The van der Waals surface area contributed by atoms with E-state index in [0.717, 1.165) is 25.7 Å². The highest BCUT2D eigenvalue weighted by molar-refractivity contribution is 6.32. The van der Waals surface area contributed by atoms with Crippen LogP contribution in [0, 0.1) is 11.6 Å². The van der Waals surface area contributed by atoms with Crippen LogP contribution in [-0.2, 0) is 0 Å². The number of hydrogen-bond donors (Lipinski definition) is 0. The molecule has 0 spiro atoms. The van der Waals surface area contributed by atoms with Crippen molar-refractivity contribution in [2.24, 2.45) is 9.98 Å². The number of aliphatic imine (C=N–C) groups is 2. The molecule has 5 aromatic carbocycles. The zero-order valence-corrected chi connectivity index (χ0v) is 35.6. The Morgan fingerprint density at radius 1 is 0.525 bits per heavy atom. The number of ether oxygens (including phenoxy) is 4. The van der Waals surface area contributed by atoms with Gasteiger partial charge in [-0.3, -0.25) is 9.98 Å². The van der Waals surface area contributed by atoms with Gasteiger partial charge < -0.3 is 18.9 Å². The Hall–Kier alpha value is -5.87. The summed E-state index contributed by atoms with van der Waals surface area (Å²) in [6, 6.07) is 26.3. The predicted molar refractivity (Wildman–Crippen MR) is 239 cm³/mol. The summed E-state index contributed by atoms with van der Waals surface area (Å²) in [7, 11) is 0. The second-order valence-corrected chi connectivity index (χ2v) is 15.0. The third-order valence-corrected chi connectivity index (χ3v) is 10.00. The van der Waals surface area contributed by atoms with Crippen molar-refractivity contribution >= 4 is 47.3 Å². The molecule has 5 aromatic rings. The fourth-order valence-corrected chi connectivity index (χ4v) is 6.31. The molecule has 5 rings (SSSR count). The molecule has 0 atom stereocenters. The van der Waals surface area contributed by atoms with Gasteiger partial charge in [-0.2, -0.15) is 0 Å². The maximum Gasteiger partial charge on any atom is 0.343 e. The number of unbranched alkanes of at least 4 members (excludes halogenated alkanes) is 10. The normalized spacial score (nSPS) is 11.3. The van der Waals surface area contributed by atoms with E-state index in [-0.39, 0.29) is 39.0 Å². The third kappa shape index (κ3) is 15.6. The van der Waals surface area contributed by atoms with Crippen molar-refractivity contribution in [1.29, 1.82) is 0 Å². The molecule has 0 bridgehead atoms. The molecule has 0 unspecified atom stereocenters. The van der Waals surface area contributed by atoms with Gasteiger partial charge in [-0.05, 0) is 84.6 Å². The third-order valence-electron chi connectivity index (χ3n) is 9.69. The van der Waals surface area contributed by atoms with Crippen molar-refractivity contribution in [3.8, 4) is 23.0 Å². The molecule has 61 heavy (non-hydrogen) atoms. The maximum absolute atomic E-state index is 14.7. The standard InChI is InChI=1S/C50H53ClF2N2O6/c1-3-5-7-9-11-13-29-58-40-24-27-46(44(52)31-40)54-34-36-15-19-38(20-16-36)49(56)60-42-23-26-43(51)48(33-42)61-50(57)39-21-17-37(18-22-39)35-55-47-28-25-41(32-45(47)53)59-30-14-12-10-8-6-4-2/h15-28,31-35H,3-14,29-30H2,1-2H3. The van der Waals surface area contributed by atoms with Crippen LogP contribution in [0.5, 0.6) is 23.0 Å². The van der Waals surface area contributed by atoms with E-state index in [4.69, 9.17) is 30.5 Å². The molecule has 0 aliphatic heterocycles. The van der Waals surface area contributed by atoms with Crippen LogP contribution in [0.1, 0.15) is 123 Å². The summed E-state index contributed by atoms with van der Waals surface area (Å²) in [6.07, 6.45) is 16.8. The molecule has 0 fully saturated rings. The molecular weight excluding hydrogens is 798 g/mol. The zero-order valence-electron chi connectivity index (χ0n) is 34.8. The van der Waals surface area contributed by atoms with Gasteiger partial charge in [0.1, 0.15) is 17.2 Å². The van der Waals surface area contributed by atoms with Gasteiger partial charge in [0.15, 0.2) is 17.4 Å². The van der Waals surface area contributed by atoms with Gasteiger partial charge in [-0.15, -0.1) is 0 Å². The highest BCUT2D eigenvalue weighted by Gasteiger charge is 2.15. The summed E-state index contributed by atoms with van der Waals surface area (Å²) in [5.74, 6) is -1.31. The van der Waals surface area contributed by atoms with E-state index in [1.54, 1.807) is 72.8 Å². The summed E-state index contributed by atoms with van der Waals surface area (Å²) in [4.78, 5) is 34.5. The van der Waals surface area contributed by atoms with Crippen LogP contribution in [0.4, 0.5) is 20.2 Å². The minimum Gasteiger partial charge on any atom is -0.493 e. The van der Waals surface area contributed by atoms with E-state index in [9.17, 15) is 18.4 Å². The average molecular weight is 851 g/mol. The first-order valence-electron chi connectivity index (χ1n) is 21.1. The maximum atomic E-state index is 14.7. The van der Waals surface area contributed by atoms with Crippen LogP contribution in [0.25, 0.3) is 0 Å². The highest BCUT2D eigenvalue weighted by Crippen LogP contribution is 2.31. The first kappa shape index (κ1) is 46.2. The van der Waals surface area contributed by atoms with Crippen LogP contribution in [0.3, 0.4) is 0 Å². The monoisotopic (exact) mass is 850 g/mol. The molecule has 0 aromatic heterocycles. The number of nitrogens with zero attached hydrogens (tertiary/aromatic N) is 2. The van der Waals surface area contributed by atoms with Crippen molar-refractivity contribution in [3.63, 3.8) is 0 Å². The molecule has 11 heteroatoms. The number of esters is 2. The van der Waals surface area contributed by atoms with Gasteiger partial charge in [0.05, 0.1) is 40.7 Å².